The molecule has 3 rings (SSSR count). The maximum absolute atomic E-state index is 12.6. The molecule has 1 aliphatic heterocycles. The molecule has 28 heavy (non-hydrogen) atoms. The van der Waals surface area contributed by atoms with Crippen LogP contribution in [0.2, 0.25) is 5.02 Å². The zero-order valence-electron chi connectivity index (χ0n) is 15.7. The first kappa shape index (κ1) is 22.3. The lowest BCUT2D eigenvalue weighted by Crippen LogP contribution is -2.33. The van der Waals surface area contributed by atoms with Crippen LogP contribution in [0, 0.1) is 12.8 Å². The van der Waals surface area contributed by atoms with Crippen molar-refractivity contribution in [1.29, 1.82) is 0 Å². The van der Waals surface area contributed by atoms with Crippen LogP contribution in [0.25, 0.3) is 0 Å². The number of piperidine rings is 1. The van der Waals surface area contributed by atoms with Gasteiger partial charge in [0.1, 0.15) is 5.76 Å². The second kappa shape index (κ2) is 10.5. The third-order valence-electron chi connectivity index (χ3n) is 4.81. The summed E-state index contributed by atoms with van der Waals surface area (Å²) >= 11 is 6.06. The van der Waals surface area contributed by atoms with Crippen molar-refractivity contribution in [2.24, 2.45) is 5.92 Å². The zero-order valence-corrected chi connectivity index (χ0v) is 17.3. The summed E-state index contributed by atoms with van der Waals surface area (Å²) in [4.78, 5) is 25.1. The average molecular weight is 426 g/mol. The number of furan rings is 1. The molecule has 0 spiro atoms. The average Bonchev–Trinajstić information content (AvgIpc) is 3.09. The van der Waals surface area contributed by atoms with Crippen molar-refractivity contribution in [2.45, 2.75) is 26.2 Å². The maximum atomic E-state index is 12.6. The molecule has 0 saturated carbocycles. The number of rotatable bonds is 6. The highest BCUT2D eigenvalue weighted by Crippen LogP contribution is 2.23. The van der Waals surface area contributed by atoms with Crippen molar-refractivity contribution in [3.63, 3.8) is 0 Å². The van der Waals surface area contributed by atoms with Crippen LogP contribution in [0.3, 0.4) is 0 Å². The molecule has 0 aliphatic carbocycles. The molecule has 1 saturated heterocycles. The van der Waals surface area contributed by atoms with Crippen molar-refractivity contribution < 1.29 is 14.0 Å². The third-order valence-corrected chi connectivity index (χ3v) is 5.05. The normalized spacial score (nSPS) is 16.1. The first-order chi connectivity index (χ1) is 13.0. The highest BCUT2D eigenvalue weighted by molar-refractivity contribution is 6.31. The number of anilines is 1. The number of carbonyl (C=O) groups is 2. The Hall–Kier alpha value is -2.02. The van der Waals surface area contributed by atoms with Gasteiger partial charge in [0.05, 0.1) is 23.1 Å². The summed E-state index contributed by atoms with van der Waals surface area (Å²) in [6.45, 7) is 4.39. The van der Waals surface area contributed by atoms with Crippen molar-refractivity contribution >= 4 is 41.5 Å². The van der Waals surface area contributed by atoms with E-state index in [9.17, 15) is 9.59 Å². The Morgan fingerprint density at radius 3 is 2.75 bits per heavy atom. The maximum Gasteiger partial charge on any atom is 0.259 e. The standard InChI is InChI=1S/C20H24ClN3O3.ClH/c1-13-16(7-10-27-13)20(26)24-18-11-15(21)4-5-17(18)19(25)23-9-6-14-3-2-8-22-12-14;/h4-5,7,10-11,14,22H,2-3,6,8-9,12H2,1H3,(H,23,25)(H,24,26);1H. The Kier molecular flexibility index (Phi) is 8.35. The van der Waals surface area contributed by atoms with E-state index < -0.39 is 0 Å². The Balaban J connectivity index is 0.00000280. The van der Waals surface area contributed by atoms with Gasteiger partial charge in [-0.2, -0.15) is 0 Å². The van der Waals surface area contributed by atoms with E-state index in [1.54, 1.807) is 31.2 Å². The fourth-order valence-corrected chi connectivity index (χ4v) is 3.46. The molecule has 0 bridgehead atoms. The Morgan fingerprint density at radius 1 is 1.25 bits per heavy atom. The summed E-state index contributed by atoms with van der Waals surface area (Å²) in [6.07, 6.45) is 4.76. The number of halogens is 2. The summed E-state index contributed by atoms with van der Waals surface area (Å²) in [5.74, 6) is 0.537. The fourth-order valence-electron chi connectivity index (χ4n) is 3.28. The van der Waals surface area contributed by atoms with E-state index in [0.717, 1.165) is 19.5 Å². The van der Waals surface area contributed by atoms with Crippen molar-refractivity contribution in [3.05, 3.63) is 52.4 Å². The smallest absolute Gasteiger partial charge is 0.259 e. The SMILES string of the molecule is Cc1occc1C(=O)Nc1cc(Cl)ccc1C(=O)NCCC1CCCNC1.Cl. The molecular weight excluding hydrogens is 401 g/mol. The predicted octanol–water partition coefficient (Wildman–Crippen LogP) is 4.04. The van der Waals surface area contributed by atoms with Gasteiger partial charge < -0.3 is 20.4 Å². The van der Waals surface area contributed by atoms with E-state index in [1.165, 1.54) is 19.1 Å². The number of benzene rings is 1. The van der Waals surface area contributed by atoms with Crippen LogP contribution in [0.4, 0.5) is 5.69 Å². The van der Waals surface area contributed by atoms with Gasteiger partial charge >= 0.3 is 0 Å². The molecule has 152 valence electrons. The number of carbonyl (C=O) groups excluding carboxylic acids is 2. The first-order valence-corrected chi connectivity index (χ1v) is 9.56. The summed E-state index contributed by atoms with van der Waals surface area (Å²) in [7, 11) is 0. The van der Waals surface area contributed by atoms with Crippen LogP contribution in [0.5, 0.6) is 0 Å². The van der Waals surface area contributed by atoms with Gasteiger partial charge in [-0.25, -0.2) is 0 Å². The molecule has 2 aromatic rings. The molecule has 2 heterocycles. The molecule has 1 fully saturated rings. The number of amides is 2. The summed E-state index contributed by atoms with van der Waals surface area (Å²) in [5, 5.41) is 9.53. The van der Waals surface area contributed by atoms with E-state index in [0.29, 0.717) is 40.1 Å². The molecule has 6 nitrogen and oxygen atoms in total. The molecule has 1 aromatic carbocycles. The van der Waals surface area contributed by atoms with Crippen LogP contribution in [-0.2, 0) is 0 Å². The zero-order chi connectivity index (χ0) is 19.2. The monoisotopic (exact) mass is 425 g/mol. The van der Waals surface area contributed by atoms with E-state index in [-0.39, 0.29) is 24.2 Å². The summed E-state index contributed by atoms with van der Waals surface area (Å²) in [6, 6.07) is 6.43. The molecule has 1 atom stereocenters. The van der Waals surface area contributed by atoms with Gasteiger partial charge in [0.25, 0.3) is 11.8 Å². The van der Waals surface area contributed by atoms with Gasteiger partial charge in [0.15, 0.2) is 0 Å². The molecule has 1 aromatic heterocycles. The molecule has 2 amide bonds. The van der Waals surface area contributed by atoms with E-state index in [1.807, 2.05) is 0 Å². The summed E-state index contributed by atoms with van der Waals surface area (Å²) in [5.41, 5.74) is 1.19. The van der Waals surface area contributed by atoms with Gasteiger partial charge in [-0.1, -0.05) is 11.6 Å². The fraction of sp³-hybridized carbons (Fsp3) is 0.400. The lowest BCUT2D eigenvalue weighted by atomic mass is 9.96. The minimum absolute atomic E-state index is 0. The van der Waals surface area contributed by atoms with Crippen LogP contribution in [0.15, 0.2) is 34.9 Å². The highest BCUT2D eigenvalue weighted by Gasteiger charge is 2.18. The topological polar surface area (TPSA) is 83.4 Å². The lowest BCUT2D eigenvalue weighted by molar-refractivity contribution is 0.0951. The van der Waals surface area contributed by atoms with Crippen LogP contribution in [0.1, 0.15) is 45.7 Å². The van der Waals surface area contributed by atoms with Gasteiger partial charge in [0.2, 0.25) is 0 Å². The predicted molar refractivity (Wildman–Crippen MR) is 113 cm³/mol. The molecule has 1 aliphatic rings. The molecule has 3 N–H and O–H groups in total. The lowest BCUT2D eigenvalue weighted by Gasteiger charge is -2.22. The highest BCUT2D eigenvalue weighted by atomic mass is 35.5. The Bertz CT molecular complexity index is 817. The van der Waals surface area contributed by atoms with Crippen molar-refractivity contribution in [2.75, 3.05) is 25.0 Å². The number of aryl methyl sites for hydroxylation is 1. The van der Waals surface area contributed by atoms with Gasteiger partial charge in [0, 0.05) is 11.6 Å². The van der Waals surface area contributed by atoms with Gasteiger partial charge in [-0.3, -0.25) is 9.59 Å². The van der Waals surface area contributed by atoms with Crippen LogP contribution >= 0.6 is 24.0 Å². The molecule has 1 unspecified atom stereocenters. The van der Waals surface area contributed by atoms with E-state index in [2.05, 4.69) is 16.0 Å². The second-order valence-electron chi connectivity index (χ2n) is 6.79. The summed E-state index contributed by atoms with van der Waals surface area (Å²) < 4.78 is 5.16. The third kappa shape index (κ3) is 5.74. The Labute approximate surface area is 175 Å². The molecule has 0 radical (unpaired) electrons. The van der Waals surface area contributed by atoms with E-state index in [4.69, 9.17) is 16.0 Å². The molecule has 8 heteroatoms. The second-order valence-corrected chi connectivity index (χ2v) is 7.23. The quantitative estimate of drug-likeness (QED) is 0.651. The van der Waals surface area contributed by atoms with Gasteiger partial charge in [-0.15, -0.1) is 12.4 Å². The van der Waals surface area contributed by atoms with E-state index >= 15 is 0 Å². The number of nitrogens with one attached hydrogen (secondary N) is 3. The van der Waals surface area contributed by atoms with Crippen molar-refractivity contribution in [1.82, 2.24) is 10.6 Å². The van der Waals surface area contributed by atoms with Crippen LogP contribution < -0.4 is 16.0 Å². The molecular formula is C20H25Cl2N3O3. The Morgan fingerprint density at radius 2 is 2.07 bits per heavy atom. The minimum Gasteiger partial charge on any atom is -0.469 e. The number of hydrogen-bond donors (Lipinski definition) is 3. The van der Waals surface area contributed by atoms with Crippen molar-refractivity contribution in [3.8, 4) is 0 Å². The van der Waals surface area contributed by atoms with Crippen LogP contribution in [-0.4, -0.2) is 31.4 Å². The largest absolute Gasteiger partial charge is 0.469 e. The first-order valence-electron chi connectivity index (χ1n) is 9.18. The van der Waals surface area contributed by atoms with Gasteiger partial charge in [-0.05, 0) is 69.5 Å². The minimum atomic E-state index is -0.342. The number of hydrogen-bond acceptors (Lipinski definition) is 4.